The predicted molar refractivity (Wildman–Crippen MR) is 90.6 cm³/mol. The number of aromatic amines is 2. The van der Waals surface area contributed by atoms with Gasteiger partial charge in [-0.05, 0) is 29.8 Å². The van der Waals surface area contributed by atoms with Crippen LogP contribution in [-0.2, 0) is 12.3 Å². The molecule has 0 bridgehead atoms. The monoisotopic (exact) mass is 341 g/mol. The number of carbonyl (C=O) groups is 1. The Balaban J connectivity index is 1.53. The molecule has 7 nitrogen and oxygen atoms in total. The van der Waals surface area contributed by atoms with Gasteiger partial charge in [-0.3, -0.25) is 9.78 Å². The number of pyridine rings is 1. The maximum atomic E-state index is 12.1. The maximum Gasteiger partial charge on any atom is 0.340 e. The van der Waals surface area contributed by atoms with Crippen LogP contribution in [0.1, 0.15) is 21.7 Å². The van der Waals surface area contributed by atoms with Crippen molar-refractivity contribution in [2.75, 3.05) is 0 Å². The van der Waals surface area contributed by atoms with Gasteiger partial charge in [-0.15, -0.1) is 11.8 Å². The third kappa shape index (κ3) is 4.32. The Labute approximate surface area is 141 Å². The number of thioether (sulfide) groups is 1. The zero-order chi connectivity index (χ0) is 16.8. The first-order valence-electron chi connectivity index (χ1n) is 7.25. The molecule has 3 aromatic rings. The van der Waals surface area contributed by atoms with Crippen LogP contribution in [-0.4, -0.2) is 26.1 Å². The zero-order valence-electron chi connectivity index (χ0n) is 12.7. The maximum absolute atomic E-state index is 12.1. The van der Waals surface area contributed by atoms with E-state index >= 15 is 0 Å². The van der Waals surface area contributed by atoms with Gasteiger partial charge < -0.3 is 5.32 Å². The predicted octanol–water partition coefficient (Wildman–Crippen LogP) is 1.72. The second kappa shape index (κ2) is 7.60. The average molecular weight is 341 g/mol. The highest BCUT2D eigenvalue weighted by Gasteiger charge is 2.07. The molecule has 0 aliphatic carbocycles. The van der Waals surface area contributed by atoms with Crippen molar-refractivity contribution >= 4 is 17.7 Å². The molecule has 2 aromatic heterocycles. The van der Waals surface area contributed by atoms with E-state index in [1.165, 1.54) is 0 Å². The number of amides is 1. The molecule has 0 aliphatic heterocycles. The fraction of sp³-hybridized carbons (Fsp3) is 0.125. The smallest absolute Gasteiger partial charge is 0.340 e. The van der Waals surface area contributed by atoms with E-state index in [-0.39, 0.29) is 12.5 Å². The second-order valence-corrected chi connectivity index (χ2v) is 5.96. The highest BCUT2D eigenvalue weighted by Crippen LogP contribution is 2.20. The van der Waals surface area contributed by atoms with Gasteiger partial charge in [0, 0.05) is 17.5 Å². The van der Waals surface area contributed by atoms with Gasteiger partial charge in [-0.2, -0.15) is 5.10 Å². The second-order valence-electron chi connectivity index (χ2n) is 4.96. The molecule has 0 fully saturated rings. The molecular formula is C16H15N5O2S. The van der Waals surface area contributed by atoms with E-state index in [1.807, 2.05) is 30.3 Å². The van der Waals surface area contributed by atoms with Gasteiger partial charge in [0.25, 0.3) is 5.91 Å². The fourth-order valence-corrected chi connectivity index (χ4v) is 2.81. The summed E-state index contributed by atoms with van der Waals surface area (Å²) in [5.74, 6) is 0.951. The summed E-state index contributed by atoms with van der Waals surface area (Å²) in [5, 5.41) is 9.64. The minimum absolute atomic E-state index is 0.162. The highest BCUT2D eigenvalue weighted by molar-refractivity contribution is 7.98. The van der Waals surface area contributed by atoms with Crippen LogP contribution < -0.4 is 11.0 Å². The van der Waals surface area contributed by atoms with Gasteiger partial charge in [0.15, 0.2) is 0 Å². The summed E-state index contributed by atoms with van der Waals surface area (Å²) in [5.41, 5.74) is 1.27. The van der Waals surface area contributed by atoms with Crippen LogP contribution in [0.25, 0.3) is 0 Å². The summed E-state index contributed by atoms with van der Waals surface area (Å²) in [4.78, 5) is 29.7. The van der Waals surface area contributed by atoms with Gasteiger partial charge in [-0.25, -0.2) is 14.9 Å². The summed E-state index contributed by atoms with van der Waals surface area (Å²) >= 11 is 1.64. The Morgan fingerprint density at radius 1 is 1.17 bits per heavy atom. The van der Waals surface area contributed by atoms with E-state index < -0.39 is 5.69 Å². The van der Waals surface area contributed by atoms with Crippen molar-refractivity contribution in [3.63, 3.8) is 0 Å². The van der Waals surface area contributed by atoms with Crippen LogP contribution in [0.2, 0.25) is 0 Å². The average Bonchev–Trinajstić information content (AvgIpc) is 3.04. The van der Waals surface area contributed by atoms with Gasteiger partial charge in [0.05, 0.1) is 11.6 Å². The quantitative estimate of drug-likeness (QED) is 0.592. The number of hydrogen-bond acceptors (Lipinski definition) is 5. The first kappa shape index (κ1) is 16.0. The van der Waals surface area contributed by atoms with E-state index in [1.54, 1.807) is 30.1 Å². The lowest BCUT2D eigenvalue weighted by Gasteiger charge is -2.05. The third-order valence-electron chi connectivity index (χ3n) is 3.21. The van der Waals surface area contributed by atoms with Crippen molar-refractivity contribution < 1.29 is 4.79 Å². The first-order chi connectivity index (χ1) is 11.7. The Hall–Kier alpha value is -2.87. The first-order valence-corrected chi connectivity index (χ1v) is 8.24. The minimum Gasteiger partial charge on any atom is -0.345 e. The number of nitrogens with one attached hydrogen (secondary N) is 3. The molecule has 0 atom stereocenters. The highest BCUT2D eigenvalue weighted by atomic mass is 32.2. The molecule has 0 unspecified atom stereocenters. The topological polar surface area (TPSA) is 104 Å². The lowest BCUT2D eigenvalue weighted by atomic mass is 10.1. The molecule has 8 heteroatoms. The molecule has 0 saturated carbocycles. The number of nitrogens with zero attached hydrogens (tertiary/aromatic N) is 2. The van der Waals surface area contributed by atoms with Crippen LogP contribution in [0.3, 0.4) is 0 Å². The van der Waals surface area contributed by atoms with Crippen molar-refractivity contribution in [1.82, 2.24) is 25.5 Å². The molecule has 0 radical (unpaired) electrons. The standard InChI is InChI=1S/C16H15N5O2S/c22-15(18-9-13-19-16(23)21-20-13)12-6-4-11(5-7-12)10-24-14-3-1-2-8-17-14/h1-8H,9-10H2,(H,18,22)(H2,19,20,21,23). The minimum atomic E-state index is -0.394. The van der Waals surface area contributed by atoms with E-state index in [9.17, 15) is 9.59 Å². The van der Waals surface area contributed by atoms with E-state index in [2.05, 4.69) is 25.5 Å². The van der Waals surface area contributed by atoms with Crippen molar-refractivity contribution in [2.24, 2.45) is 0 Å². The molecule has 1 amide bonds. The van der Waals surface area contributed by atoms with Gasteiger partial charge in [0.1, 0.15) is 5.82 Å². The lowest BCUT2D eigenvalue weighted by Crippen LogP contribution is -2.23. The Morgan fingerprint density at radius 2 is 2.00 bits per heavy atom. The van der Waals surface area contributed by atoms with Crippen molar-refractivity contribution in [2.45, 2.75) is 17.3 Å². The van der Waals surface area contributed by atoms with Gasteiger partial charge in [0.2, 0.25) is 0 Å². The summed E-state index contributed by atoms with van der Waals surface area (Å²) in [7, 11) is 0. The number of rotatable bonds is 6. The lowest BCUT2D eigenvalue weighted by molar-refractivity contribution is 0.0950. The molecule has 2 heterocycles. The summed E-state index contributed by atoms with van der Waals surface area (Å²) in [6.07, 6.45) is 1.77. The molecule has 1 aromatic carbocycles. The molecule has 0 aliphatic rings. The number of hydrogen-bond donors (Lipinski definition) is 3. The van der Waals surface area contributed by atoms with Crippen molar-refractivity contribution in [1.29, 1.82) is 0 Å². The Kier molecular flexibility index (Phi) is 5.07. The number of H-pyrrole nitrogens is 2. The third-order valence-corrected chi connectivity index (χ3v) is 4.22. The SMILES string of the molecule is O=C(NCc1n[nH]c(=O)[nH]1)c1ccc(CSc2ccccn2)cc1. The normalized spacial score (nSPS) is 10.5. The van der Waals surface area contributed by atoms with E-state index in [0.29, 0.717) is 11.4 Å². The number of carbonyl (C=O) groups excluding carboxylic acids is 1. The Bertz CT molecular complexity index is 858. The summed E-state index contributed by atoms with van der Waals surface area (Å²) < 4.78 is 0. The van der Waals surface area contributed by atoms with Crippen LogP contribution in [0, 0.1) is 0 Å². The number of benzene rings is 1. The summed E-state index contributed by atoms with van der Waals surface area (Å²) in [6, 6.07) is 13.2. The summed E-state index contributed by atoms with van der Waals surface area (Å²) in [6.45, 7) is 0.162. The Morgan fingerprint density at radius 3 is 2.67 bits per heavy atom. The number of aromatic nitrogens is 4. The fourth-order valence-electron chi connectivity index (χ4n) is 2.00. The molecule has 0 saturated heterocycles. The molecular weight excluding hydrogens is 326 g/mol. The van der Waals surface area contributed by atoms with Crippen LogP contribution in [0.15, 0.2) is 58.5 Å². The molecule has 24 heavy (non-hydrogen) atoms. The largest absolute Gasteiger partial charge is 0.345 e. The van der Waals surface area contributed by atoms with Crippen LogP contribution in [0.5, 0.6) is 0 Å². The molecule has 122 valence electrons. The van der Waals surface area contributed by atoms with E-state index in [0.717, 1.165) is 16.3 Å². The van der Waals surface area contributed by atoms with E-state index in [4.69, 9.17) is 0 Å². The van der Waals surface area contributed by atoms with Gasteiger partial charge in [-0.1, -0.05) is 18.2 Å². The van der Waals surface area contributed by atoms with Crippen molar-refractivity contribution in [3.8, 4) is 0 Å². The molecule has 3 rings (SSSR count). The molecule has 0 spiro atoms. The van der Waals surface area contributed by atoms with Crippen molar-refractivity contribution in [3.05, 3.63) is 76.1 Å². The zero-order valence-corrected chi connectivity index (χ0v) is 13.5. The van der Waals surface area contributed by atoms with Crippen LogP contribution in [0.4, 0.5) is 0 Å². The van der Waals surface area contributed by atoms with Gasteiger partial charge >= 0.3 is 5.69 Å². The molecule has 3 N–H and O–H groups in total. The van der Waals surface area contributed by atoms with Crippen LogP contribution >= 0.6 is 11.8 Å².